The van der Waals surface area contributed by atoms with E-state index < -0.39 is 5.91 Å². The van der Waals surface area contributed by atoms with Gasteiger partial charge in [0.05, 0.1) is 5.69 Å². The monoisotopic (exact) mass is 321 g/mol. The molecule has 1 amide bonds. The summed E-state index contributed by atoms with van der Waals surface area (Å²) in [5.41, 5.74) is 0.721. The van der Waals surface area contributed by atoms with Crippen LogP contribution < -0.4 is 10.1 Å². The SMILES string of the molecule is O=C(Nc1ccccc1Oc1ccccc1)c1ccc(O)c(O)c1. The molecule has 0 radical (unpaired) electrons. The molecule has 0 heterocycles. The summed E-state index contributed by atoms with van der Waals surface area (Å²) in [4.78, 5) is 12.3. The molecule has 3 aromatic carbocycles. The predicted molar refractivity (Wildman–Crippen MR) is 90.7 cm³/mol. The third-order valence-corrected chi connectivity index (χ3v) is 3.34. The van der Waals surface area contributed by atoms with Crippen molar-refractivity contribution in [2.24, 2.45) is 0 Å². The van der Waals surface area contributed by atoms with Crippen molar-refractivity contribution in [3.63, 3.8) is 0 Å². The highest BCUT2D eigenvalue weighted by atomic mass is 16.5. The van der Waals surface area contributed by atoms with Crippen molar-refractivity contribution in [3.8, 4) is 23.0 Å². The number of para-hydroxylation sites is 3. The lowest BCUT2D eigenvalue weighted by Gasteiger charge is -2.12. The summed E-state index contributed by atoms with van der Waals surface area (Å²) in [7, 11) is 0. The predicted octanol–water partition coefficient (Wildman–Crippen LogP) is 4.14. The minimum absolute atomic E-state index is 0.222. The second-order valence-corrected chi connectivity index (χ2v) is 5.07. The van der Waals surface area contributed by atoms with Crippen molar-refractivity contribution >= 4 is 11.6 Å². The van der Waals surface area contributed by atoms with Crippen LogP contribution in [0.5, 0.6) is 23.0 Å². The number of rotatable bonds is 4. The number of anilines is 1. The maximum Gasteiger partial charge on any atom is 0.255 e. The van der Waals surface area contributed by atoms with Gasteiger partial charge in [0.1, 0.15) is 5.75 Å². The van der Waals surface area contributed by atoms with Gasteiger partial charge in [0, 0.05) is 5.56 Å². The van der Waals surface area contributed by atoms with Crippen molar-refractivity contribution in [2.45, 2.75) is 0 Å². The number of carbonyl (C=O) groups excluding carboxylic acids is 1. The highest BCUT2D eigenvalue weighted by Gasteiger charge is 2.12. The molecule has 0 atom stereocenters. The van der Waals surface area contributed by atoms with Gasteiger partial charge in [-0.15, -0.1) is 0 Å². The molecule has 0 bridgehead atoms. The third kappa shape index (κ3) is 3.47. The van der Waals surface area contributed by atoms with Crippen LogP contribution in [0.2, 0.25) is 0 Å². The number of carbonyl (C=O) groups is 1. The number of aromatic hydroxyl groups is 2. The van der Waals surface area contributed by atoms with Gasteiger partial charge in [-0.3, -0.25) is 4.79 Å². The molecule has 0 aromatic heterocycles. The molecule has 0 saturated carbocycles. The van der Waals surface area contributed by atoms with E-state index in [-0.39, 0.29) is 17.1 Å². The van der Waals surface area contributed by atoms with E-state index in [4.69, 9.17) is 4.74 Å². The van der Waals surface area contributed by atoms with Gasteiger partial charge in [0.25, 0.3) is 5.91 Å². The zero-order chi connectivity index (χ0) is 16.9. The lowest BCUT2D eigenvalue weighted by molar-refractivity contribution is 0.102. The molecule has 24 heavy (non-hydrogen) atoms. The van der Waals surface area contributed by atoms with Crippen LogP contribution in [0.1, 0.15) is 10.4 Å². The van der Waals surface area contributed by atoms with Crippen molar-refractivity contribution in [1.82, 2.24) is 0 Å². The van der Waals surface area contributed by atoms with Crippen LogP contribution in [0, 0.1) is 0 Å². The lowest BCUT2D eigenvalue weighted by atomic mass is 10.2. The third-order valence-electron chi connectivity index (χ3n) is 3.34. The van der Waals surface area contributed by atoms with Gasteiger partial charge in [0.15, 0.2) is 17.2 Å². The van der Waals surface area contributed by atoms with Gasteiger partial charge < -0.3 is 20.3 Å². The summed E-state index contributed by atoms with van der Waals surface area (Å²) in [5.74, 6) is 0.103. The molecule has 0 unspecified atom stereocenters. The Labute approximate surface area is 138 Å². The Morgan fingerprint density at radius 2 is 1.54 bits per heavy atom. The van der Waals surface area contributed by atoms with E-state index in [1.165, 1.54) is 18.2 Å². The highest BCUT2D eigenvalue weighted by molar-refractivity contribution is 6.05. The number of nitrogens with one attached hydrogen (secondary N) is 1. The summed E-state index contributed by atoms with van der Waals surface area (Å²) in [6.45, 7) is 0. The average molecular weight is 321 g/mol. The number of phenols is 2. The molecule has 5 nitrogen and oxygen atoms in total. The largest absolute Gasteiger partial charge is 0.504 e. The first-order valence-corrected chi connectivity index (χ1v) is 7.29. The molecular weight excluding hydrogens is 306 g/mol. The van der Waals surface area contributed by atoms with Crippen molar-refractivity contribution < 1.29 is 19.7 Å². The van der Waals surface area contributed by atoms with Crippen molar-refractivity contribution in [1.29, 1.82) is 0 Å². The van der Waals surface area contributed by atoms with E-state index in [1.807, 2.05) is 30.3 Å². The summed E-state index contributed by atoms with van der Waals surface area (Å²) >= 11 is 0. The Morgan fingerprint density at radius 1 is 0.833 bits per heavy atom. The molecule has 0 saturated heterocycles. The van der Waals surface area contributed by atoms with Crippen LogP contribution in [0.25, 0.3) is 0 Å². The molecule has 120 valence electrons. The number of benzene rings is 3. The minimum atomic E-state index is -0.422. The number of ether oxygens (including phenoxy) is 1. The Morgan fingerprint density at radius 3 is 2.29 bits per heavy atom. The molecule has 0 aliphatic rings. The molecule has 3 aromatic rings. The second-order valence-electron chi connectivity index (χ2n) is 5.07. The molecule has 0 aliphatic heterocycles. The first-order chi connectivity index (χ1) is 11.6. The number of hydrogen-bond acceptors (Lipinski definition) is 4. The Hall–Kier alpha value is -3.47. The van der Waals surface area contributed by atoms with Gasteiger partial charge >= 0.3 is 0 Å². The van der Waals surface area contributed by atoms with Crippen LogP contribution in [0.3, 0.4) is 0 Å². The first kappa shape index (κ1) is 15.4. The van der Waals surface area contributed by atoms with Crippen molar-refractivity contribution in [2.75, 3.05) is 5.32 Å². The topological polar surface area (TPSA) is 78.8 Å². The van der Waals surface area contributed by atoms with E-state index in [2.05, 4.69) is 5.32 Å². The smallest absolute Gasteiger partial charge is 0.255 e. The fourth-order valence-corrected chi connectivity index (χ4v) is 2.13. The van der Waals surface area contributed by atoms with E-state index in [0.29, 0.717) is 17.2 Å². The zero-order valence-corrected chi connectivity index (χ0v) is 12.6. The quantitative estimate of drug-likeness (QED) is 0.631. The van der Waals surface area contributed by atoms with Gasteiger partial charge in [0.2, 0.25) is 0 Å². The summed E-state index contributed by atoms with van der Waals surface area (Å²) in [5, 5.41) is 21.6. The van der Waals surface area contributed by atoms with Crippen LogP contribution >= 0.6 is 0 Å². The number of phenolic OH excluding ortho intramolecular Hbond substituents is 2. The van der Waals surface area contributed by atoms with Crippen LogP contribution in [0.4, 0.5) is 5.69 Å². The van der Waals surface area contributed by atoms with Crippen LogP contribution in [-0.2, 0) is 0 Å². The van der Waals surface area contributed by atoms with Gasteiger partial charge in [-0.25, -0.2) is 0 Å². The lowest BCUT2D eigenvalue weighted by Crippen LogP contribution is -2.12. The summed E-state index contributed by atoms with van der Waals surface area (Å²) in [6, 6.07) is 20.2. The minimum Gasteiger partial charge on any atom is -0.504 e. The summed E-state index contributed by atoms with van der Waals surface area (Å²) < 4.78 is 5.78. The fraction of sp³-hybridized carbons (Fsp3) is 0. The highest BCUT2D eigenvalue weighted by Crippen LogP contribution is 2.30. The normalized spacial score (nSPS) is 10.2. The first-order valence-electron chi connectivity index (χ1n) is 7.29. The van der Waals surface area contributed by atoms with E-state index >= 15 is 0 Å². The van der Waals surface area contributed by atoms with E-state index in [1.54, 1.807) is 24.3 Å². The fourth-order valence-electron chi connectivity index (χ4n) is 2.13. The van der Waals surface area contributed by atoms with Gasteiger partial charge in [-0.1, -0.05) is 30.3 Å². The van der Waals surface area contributed by atoms with Gasteiger partial charge in [-0.05, 0) is 42.5 Å². The van der Waals surface area contributed by atoms with Crippen LogP contribution in [0.15, 0.2) is 72.8 Å². The molecule has 3 rings (SSSR count). The molecular formula is C19H15NO4. The number of hydrogen-bond donors (Lipinski definition) is 3. The average Bonchev–Trinajstić information content (AvgIpc) is 2.60. The standard InChI is InChI=1S/C19H15NO4/c21-16-11-10-13(12-17(16)22)19(23)20-15-8-4-5-9-18(15)24-14-6-2-1-3-7-14/h1-12,21-22H,(H,20,23). The molecule has 5 heteroatoms. The van der Waals surface area contributed by atoms with E-state index in [9.17, 15) is 15.0 Å². The van der Waals surface area contributed by atoms with Crippen molar-refractivity contribution in [3.05, 3.63) is 78.4 Å². The summed E-state index contributed by atoms with van der Waals surface area (Å²) in [6.07, 6.45) is 0. The maximum atomic E-state index is 12.3. The second kappa shape index (κ2) is 6.75. The van der Waals surface area contributed by atoms with E-state index in [0.717, 1.165) is 0 Å². The Bertz CT molecular complexity index is 862. The Kier molecular flexibility index (Phi) is 4.34. The number of amides is 1. The van der Waals surface area contributed by atoms with Gasteiger partial charge in [-0.2, -0.15) is 0 Å². The molecule has 0 aliphatic carbocycles. The molecule has 0 spiro atoms. The Balaban J connectivity index is 1.82. The van der Waals surface area contributed by atoms with Crippen LogP contribution in [-0.4, -0.2) is 16.1 Å². The molecule has 0 fully saturated rings. The molecule has 3 N–H and O–H groups in total. The zero-order valence-electron chi connectivity index (χ0n) is 12.6. The maximum absolute atomic E-state index is 12.3.